The Hall–Kier alpha value is -1.58. The molecule has 0 atom stereocenters. The van der Waals surface area contributed by atoms with Crippen molar-refractivity contribution in [1.82, 2.24) is 14.6 Å². The maximum absolute atomic E-state index is 12.0. The van der Waals surface area contributed by atoms with Gasteiger partial charge in [-0.3, -0.25) is 9.89 Å². The van der Waals surface area contributed by atoms with Crippen LogP contribution >= 0.6 is 0 Å². The van der Waals surface area contributed by atoms with Crippen LogP contribution in [0.1, 0.15) is 56.3 Å². The van der Waals surface area contributed by atoms with Gasteiger partial charge in [0.2, 0.25) is 0 Å². The summed E-state index contributed by atoms with van der Waals surface area (Å²) in [5.74, 6) is 1.50. The quantitative estimate of drug-likeness (QED) is 0.900. The predicted octanol–water partition coefficient (Wildman–Crippen LogP) is 2.63. The molecular formula is C14H19N3O. The molecule has 0 spiro atoms. The molecule has 1 fully saturated rings. The Morgan fingerprint density at radius 2 is 2.28 bits per heavy atom. The fraction of sp³-hybridized carbons (Fsp3) is 0.571. The number of hydrogen-bond acceptors (Lipinski definition) is 2. The van der Waals surface area contributed by atoms with Crippen LogP contribution in [0.5, 0.6) is 0 Å². The summed E-state index contributed by atoms with van der Waals surface area (Å²) in [5, 5.41) is 3.09. The van der Waals surface area contributed by atoms with Gasteiger partial charge in [-0.15, -0.1) is 0 Å². The second-order valence-corrected chi connectivity index (χ2v) is 5.22. The zero-order chi connectivity index (χ0) is 12.5. The molecule has 18 heavy (non-hydrogen) atoms. The zero-order valence-electron chi connectivity index (χ0n) is 10.8. The Morgan fingerprint density at radius 3 is 2.94 bits per heavy atom. The summed E-state index contributed by atoms with van der Waals surface area (Å²) in [6, 6.07) is 3.83. The highest BCUT2D eigenvalue weighted by atomic mass is 16.1. The molecule has 0 unspecified atom stereocenters. The topological polar surface area (TPSA) is 50.2 Å². The predicted molar refractivity (Wildman–Crippen MR) is 71.0 cm³/mol. The molecule has 4 heteroatoms. The normalized spacial score (nSPS) is 16.1. The molecule has 2 aromatic rings. The lowest BCUT2D eigenvalue weighted by atomic mass is 9.80. The molecule has 3 rings (SSSR count). The van der Waals surface area contributed by atoms with Gasteiger partial charge in [0, 0.05) is 12.5 Å². The van der Waals surface area contributed by atoms with E-state index in [1.54, 1.807) is 10.6 Å². The van der Waals surface area contributed by atoms with Crippen LogP contribution in [0.15, 0.2) is 16.9 Å². The van der Waals surface area contributed by atoms with E-state index >= 15 is 0 Å². The molecule has 4 nitrogen and oxygen atoms in total. The van der Waals surface area contributed by atoms with Gasteiger partial charge in [-0.2, -0.15) is 0 Å². The fourth-order valence-corrected chi connectivity index (χ4v) is 2.50. The van der Waals surface area contributed by atoms with E-state index in [-0.39, 0.29) is 5.56 Å². The van der Waals surface area contributed by atoms with Gasteiger partial charge in [-0.25, -0.2) is 9.50 Å². The first kappa shape index (κ1) is 11.5. The average molecular weight is 245 g/mol. The van der Waals surface area contributed by atoms with E-state index in [0.717, 1.165) is 30.7 Å². The number of hydrogen-bond donors (Lipinski definition) is 1. The molecule has 96 valence electrons. The van der Waals surface area contributed by atoms with Crippen LogP contribution in [0, 0.1) is 0 Å². The molecule has 2 heterocycles. The van der Waals surface area contributed by atoms with Crippen molar-refractivity contribution >= 4 is 5.65 Å². The Bertz CT molecular complexity index is 607. The lowest BCUT2D eigenvalue weighted by Gasteiger charge is -2.25. The van der Waals surface area contributed by atoms with Crippen LogP contribution in [0.3, 0.4) is 0 Å². The van der Waals surface area contributed by atoms with Crippen LogP contribution in [0.4, 0.5) is 0 Å². The molecule has 0 amide bonds. The van der Waals surface area contributed by atoms with E-state index in [9.17, 15) is 4.79 Å². The summed E-state index contributed by atoms with van der Waals surface area (Å²) in [6.45, 7) is 2.16. The molecule has 1 aliphatic rings. The summed E-state index contributed by atoms with van der Waals surface area (Å²) >= 11 is 0. The number of aromatic nitrogens is 3. The third-order valence-corrected chi connectivity index (χ3v) is 3.87. The van der Waals surface area contributed by atoms with Crippen molar-refractivity contribution in [3.63, 3.8) is 0 Å². The Kier molecular flexibility index (Phi) is 2.94. The summed E-state index contributed by atoms with van der Waals surface area (Å²) in [5.41, 5.74) is 1.96. The van der Waals surface area contributed by atoms with Crippen LogP contribution in [0.25, 0.3) is 5.65 Å². The second kappa shape index (κ2) is 4.59. The molecular weight excluding hydrogens is 226 g/mol. The SMILES string of the molecule is CCCCc1nc2cc(C3CCC3)cc(=O)n2[nH]1. The maximum Gasteiger partial charge on any atom is 0.271 e. The first-order valence-electron chi connectivity index (χ1n) is 6.89. The number of nitrogens with zero attached hydrogens (tertiary/aromatic N) is 2. The van der Waals surface area contributed by atoms with Gasteiger partial charge in [0.25, 0.3) is 5.56 Å². The standard InChI is InChI=1S/C14H19N3O/c1-2-3-7-12-15-13-8-11(10-5-4-6-10)9-14(18)17(13)16-12/h8-10H,2-7H2,1H3,(H,15,16). The Labute approximate surface area is 106 Å². The number of unbranched alkanes of at least 4 members (excludes halogenated alkanes) is 1. The van der Waals surface area contributed by atoms with E-state index in [4.69, 9.17) is 0 Å². The molecule has 0 radical (unpaired) electrons. The largest absolute Gasteiger partial charge is 0.276 e. The highest BCUT2D eigenvalue weighted by Gasteiger charge is 2.21. The third-order valence-electron chi connectivity index (χ3n) is 3.87. The monoisotopic (exact) mass is 245 g/mol. The highest BCUT2D eigenvalue weighted by molar-refractivity contribution is 5.42. The highest BCUT2D eigenvalue weighted by Crippen LogP contribution is 2.35. The van der Waals surface area contributed by atoms with Crippen molar-refractivity contribution in [2.24, 2.45) is 0 Å². The van der Waals surface area contributed by atoms with Crippen molar-refractivity contribution in [2.45, 2.75) is 51.4 Å². The molecule has 0 aliphatic heterocycles. The van der Waals surface area contributed by atoms with Crippen molar-refractivity contribution in [1.29, 1.82) is 0 Å². The molecule has 1 saturated carbocycles. The van der Waals surface area contributed by atoms with Gasteiger partial charge in [-0.05, 0) is 36.8 Å². The van der Waals surface area contributed by atoms with Gasteiger partial charge >= 0.3 is 0 Å². The number of pyridine rings is 1. The number of aryl methyl sites for hydroxylation is 1. The molecule has 0 saturated heterocycles. The minimum atomic E-state index is 0.0182. The van der Waals surface area contributed by atoms with E-state index in [2.05, 4.69) is 23.1 Å². The lowest BCUT2D eigenvalue weighted by molar-refractivity contribution is 0.419. The number of H-pyrrole nitrogens is 1. The van der Waals surface area contributed by atoms with E-state index < -0.39 is 0 Å². The van der Waals surface area contributed by atoms with Crippen LogP contribution in [0.2, 0.25) is 0 Å². The fourth-order valence-electron chi connectivity index (χ4n) is 2.50. The van der Waals surface area contributed by atoms with Crippen molar-refractivity contribution in [2.75, 3.05) is 0 Å². The third kappa shape index (κ3) is 1.96. The maximum atomic E-state index is 12.0. The van der Waals surface area contributed by atoms with Crippen molar-refractivity contribution in [3.8, 4) is 0 Å². The average Bonchev–Trinajstić information content (AvgIpc) is 2.67. The first-order chi connectivity index (χ1) is 8.78. The molecule has 1 aliphatic carbocycles. The second-order valence-electron chi connectivity index (χ2n) is 5.22. The van der Waals surface area contributed by atoms with Crippen LogP contribution < -0.4 is 5.56 Å². The molecule has 2 aromatic heterocycles. The van der Waals surface area contributed by atoms with Crippen molar-refractivity contribution in [3.05, 3.63) is 33.9 Å². The Balaban J connectivity index is 1.98. The van der Waals surface area contributed by atoms with Crippen LogP contribution in [-0.4, -0.2) is 14.6 Å². The van der Waals surface area contributed by atoms with Gasteiger partial charge < -0.3 is 0 Å². The minimum Gasteiger partial charge on any atom is -0.276 e. The van der Waals surface area contributed by atoms with Crippen LogP contribution in [-0.2, 0) is 6.42 Å². The van der Waals surface area contributed by atoms with E-state index in [1.165, 1.54) is 24.8 Å². The van der Waals surface area contributed by atoms with Gasteiger partial charge in [0.15, 0.2) is 5.65 Å². The number of nitrogens with one attached hydrogen (secondary N) is 1. The number of fused-ring (bicyclic) bond motifs is 1. The summed E-state index contributed by atoms with van der Waals surface area (Å²) < 4.78 is 1.56. The van der Waals surface area contributed by atoms with Gasteiger partial charge in [0.1, 0.15) is 5.82 Å². The summed E-state index contributed by atoms with van der Waals surface area (Å²) in [7, 11) is 0. The smallest absolute Gasteiger partial charge is 0.271 e. The number of rotatable bonds is 4. The van der Waals surface area contributed by atoms with Gasteiger partial charge in [-0.1, -0.05) is 19.8 Å². The summed E-state index contributed by atoms with van der Waals surface area (Å²) in [4.78, 5) is 16.5. The Morgan fingerprint density at radius 1 is 1.44 bits per heavy atom. The van der Waals surface area contributed by atoms with Crippen molar-refractivity contribution < 1.29 is 0 Å². The molecule has 1 N–H and O–H groups in total. The molecule has 0 bridgehead atoms. The van der Waals surface area contributed by atoms with Gasteiger partial charge in [0.05, 0.1) is 0 Å². The first-order valence-corrected chi connectivity index (χ1v) is 6.89. The number of aromatic amines is 1. The van der Waals surface area contributed by atoms with E-state index in [0.29, 0.717) is 5.92 Å². The lowest BCUT2D eigenvalue weighted by Crippen LogP contribution is -2.17. The zero-order valence-corrected chi connectivity index (χ0v) is 10.8. The summed E-state index contributed by atoms with van der Waals surface area (Å²) in [6.07, 6.45) is 6.86. The van der Waals surface area contributed by atoms with E-state index in [1.807, 2.05) is 0 Å². The molecule has 0 aromatic carbocycles. The minimum absolute atomic E-state index is 0.0182.